The van der Waals surface area contributed by atoms with Crippen molar-refractivity contribution >= 4 is 32.7 Å². The quantitative estimate of drug-likeness (QED) is 0.153. The Balaban J connectivity index is 1.04. The minimum atomic E-state index is 0.623. The first-order valence-electron chi connectivity index (χ1n) is 21.9. The van der Waals surface area contributed by atoms with Crippen molar-refractivity contribution in [1.29, 1.82) is 0 Å². The van der Waals surface area contributed by atoms with Crippen LogP contribution in [0.5, 0.6) is 0 Å². The molecule has 65 heavy (non-hydrogen) atoms. The zero-order chi connectivity index (χ0) is 43.1. The molecule has 12 aromatic rings. The lowest BCUT2D eigenvalue weighted by molar-refractivity contribution is 0.669. The maximum atomic E-state index is 6.49. The topological polar surface area (TPSA) is 51.8 Å². The van der Waals surface area contributed by atoms with Gasteiger partial charge in [0.15, 0.2) is 17.5 Å². The number of benzene rings is 10. The molecule has 0 aliphatic carbocycles. The normalized spacial score (nSPS) is 11.4. The van der Waals surface area contributed by atoms with E-state index in [9.17, 15) is 0 Å². The number of nitrogens with zero attached hydrogens (tertiary/aromatic N) is 3. The molecule has 4 nitrogen and oxygen atoms in total. The van der Waals surface area contributed by atoms with E-state index in [-0.39, 0.29) is 0 Å². The molecule has 0 radical (unpaired) electrons. The number of aromatic nitrogens is 3. The van der Waals surface area contributed by atoms with Crippen molar-refractivity contribution in [2.75, 3.05) is 0 Å². The highest BCUT2D eigenvalue weighted by atomic mass is 16.3. The molecular formula is C61H39N3O. The summed E-state index contributed by atoms with van der Waals surface area (Å²) < 4.78 is 6.49. The molecule has 0 unspecified atom stereocenters. The van der Waals surface area contributed by atoms with E-state index in [1.54, 1.807) is 0 Å². The van der Waals surface area contributed by atoms with Gasteiger partial charge in [0, 0.05) is 27.5 Å². The highest BCUT2D eigenvalue weighted by Crippen LogP contribution is 2.46. The van der Waals surface area contributed by atoms with E-state index in [1.165, 1.54) is 16.3 Å². The van der Waals surface area contributed by atoms with E-state index >= 15 is 0 Å². The van der Waals surface area contributed by atoms with Gasteiger partial charge in [-0.15, -0.1) is 0 Å². The van der Waals surface area contributed by atoms with Gasteiger partial charge in [0.2, 0.25) is 0 Å². The standard InChI is InChI=1S/C61H39N3O/c1-5-17-40(18-6-1)50-38-52(57(42-20-7-2-8-21-42)53(39-50)48-32-33-55-54(37-48)58-51-30-14-13-19-41(51)31-34-56(58)65-55)47-28-15-26-45(35-47)46-27-16-29-49(36-46)61-63-59(43-22-9-3-10-23-43)62-60(64-61)44-24-11-4-12-25-44/h1-39H. The fourth-order valence-corrected chi connectivity index (χ4v) is 9.17. The van der Waals surface area contributed by atoms with Gasteiger partial charge in [-0.25, -0.2) is 15.0 Å². The number of fused-ring (bicyclic) bond motifs is 5. The van der Waals surface area contributed by atoms with E-state index < -0.39 is 0 Å². The Morgan fingerprint density at radius 1 is 0.262 bits per heavy atom. The lowest BCUT2D eigenvalue weighted by Crippen LogP contribution is -2.00. The third-order valence-electron chi connectivity index (χ3n) is 12.3. The molecule has 0 aliphatic heterocycles. The third-order valence-corrected chi connectivity index (χ3v) is 12.3. The van der Waals surface area contributed by atoms with Crippen molar-refractivity contribution in [1.82, 2.24) is 15.0 Å². The molecule has 2 heterocycles. The largest absolute Gasteiger partial charge is 0.456 e. The van der Waals surface area contributed by atoms with Gasteiger partial charge >= 0.3 is 0 Å². The summed E-state index contributed by atoms with van der Waals surface area (Å²) in [5.74, 6) is 1.90. The average Bonchev–Trinajstić information content (AvgIpc) is 3.78. The summed E-state index contributed by atoms with van der Waals surface area (Å²) in [6, 6.07) is 83.3. The SMILES string of the molecule is c1ccc(-c2cc(-c3cccc(-c4cccc(-c5nc(-c6ccccc6)nc(-c6ccccc6)n5)c4)c3)c(-c3ccccc3)c(-c3ccc4oc5ccc6ccccc6c5c4c3)c2)cc1. The van der Waals surface area contributed by atoms with Crippen LogP contribution in [-0.2, 0) is 0 Å². The molecule has 304 valence electrons. The molecule has 0 bridgehead atoms. The maximum absolute atomic E-state index is 6.49. The second kappa shape index (κ2) is 16.2. The zero-order valence-electron chi connectivity index (χ0n) is 35.3. The number of rotatable bonds is 8. The predicted octanol–water partition coefficient (Wildman–Crippen LogP) is 16.3. The molecule has 2 aromatic heterocycles. The summed E-state index contributed by atoms with van der Waals surface area (Å²) in [4.78, 5) is 15.0. The van der Waals surface area contributed by atoms with E-state index in [4.69, 9.17) is 19.4 Å². The fourth-order valence-electron chi connectivity index (χ4n) is 9.17. The summed E-state index contributed by atoms with van der Waals surface area (Å²) in [7, 11) is 0. The molecule has 0 aliphatic rings. The van der Waals surface area contributed by atoms with Crippen LogP contribution >= 0.6 is 0 Å². The van der Waals surface area contributed by atoms with Crippen molar-refractivity contribution in [3.05, 3.63) is 237 Å². The molecule has 12 rings (SSSR count). The van der Waals surface area contributed by atoms with Gasteiger partial charge in [0.1, 0.15) is 11.2 Å². The van der Waals surface area contributed by atoms with Crippen molar-refractivity contribution in [2.45, 2.75) is 0 Å². The van der Waals surface area contributed by atoms with E-state index in [1.807, 2.05) is 60.7 Å². The Morgan fingerprint density at radius 3 is 1.35 bits per heavy atom. The van der Waals surface area contributed by atoms with Crippen LogP contribution in [0, 0.1) is 0 Å². The zero-order valence-corrected chi connectivity index (χ0v) is 35.3. The van der Waals surface area contributed by atoms with Crippen molar-refractivity contribution in [2.24, 2.45) is 0 Å². The van der Waals surface area contributed by atoms with Gasteiger partial charge in [-0.1, -0.05) is 194 Å². The third kappa shape index (κ3) is 7.13. The minimum Gasteiger partial charge on any atom is -0.456 e. The monoisotopic (exact) mass is 829 g/mol. The Kier molecular flexibility index (Phi) is 9.46. The molecule has 10 aromatic carbocycles. The summed E-state index contributed by atoms with van der Waals surface area (Å²) in [5.41, 5.74) is 15.9. The van der Waals surface area contributed by atoms with Crippen LogP contribution in [0.4, 0.5) is 0 Å². The number of hydrogen-bond acceptors (Lipinski definition) is 4. The van der Waals surface area contributed by atoms with E-state index in [2.05, 4.69) is 176 Å². The maximum Gasteiger partial charge on any atom is 0.164 e. The van der Waals surface area contributed by atoms with Gasteiger partial charge in [0.25, 0.3) is 0 Å². The smallest absolute Gasteiger partial charge is 0.164 e. The highest BCUT2D eigenvalue weighted by Gasteiger charge is 2.20. The number of furan rings is 1. The highest BCUT2D eigenvalue weighted by molar-refractivity contribution is 6.19. The summed E-state index contributed by atoms with van der Waals surface area (Å²) in [5, 5.41) is 4.62. The molecule has 0 saturated heterocycles. The van der Waals surface area contributed by atoms with E-state index in [0.29, 0.717) is 17.5 Å². The van der Waals surface area contributed by atoms with Gasteiger partial charge < -0.3 is 4.42 Å². The van der Waals surface area contributed by atoms with Crippen molar-refractivity contribution < 1.29 is 4.42 Å². The second-order valence-electron chi connectivity index (χ2n) is 16.4. The lowest BCUT2D eigenvalue weighted by atomic mass is 9.84. The van der Waals surface area contributed by atoms with Crippen molar-refractivity contribution in [3.63, 3.8) is 0 Å². The summed E-state index contributed by atoms with van der Waals surface area (Å²) in [6.45, 7) is 0. The fraction of sp³-hybridized carbons (Fsp3) is 0. The Bertz CT molecular complexity index is 3640. The van der Waals surface area contributed by atoms with Crippen LogP contribution in [0.15, 0.2) is 241 Å². The second-order valence-corrected chi connectivity index (χ2v) is 16.4. The van der Waals surface area contributed by atoms with Crippen LogP contribution in [0.3, 0.4) is 0 Å². The molecule has 0 saturated carbocycles. The Labute approximate surface area is 376 Å². The Hall–Kier alpha value is -8.73. The van der Waals surface area contributed by atoms with Crippen LogP contribution in [0.2, 0.25) is 0 Å². The molecular weight excluding hydrogens is 791 g/mol. The van der Waals surface area contributed by atoms with Crippen LogP contribution in [0.25, 0.3) is 123 Å². The molecule has 0 atom stereocenters. The number of hydrogen-bond donors (Lipinski definition) is 0. The minimum absolute atomic E-state index is 0.623. The molecule has 4 heteroatoms. The van der Waals surface area contributed by atoms with E-state index in [0.717, 1.165) is 88.7 Å². The predicted molar refractivity (Wildman–Crippen MR) is 268 cm³/mol. The van der Waals surface area contributed by atoms with Gasteiger partial charge in [-0.05, 0) is 109 Å². The summed E-state index contributed by atoms with van der Waals surface area (Å²) >= 11 is 0. The molecule has 0 amide bonds. The molecule has 0 spiro atoms. The molecule has 0 fully saturated rings. The van der Waals surface area contributed by atoms with Gasteiger partial charge in [-0.3, -0.25) is 0 Å². The van der Waals surface area contributed by atoms with Gasteiger partial charge in [0.05, 0.1) is 0 Å². The summed E-state index contributed by atoms with van der Waals surface area (Å²) in [6.07, 6.45) is 0. The molecule has 0 N–H and O–H groups in total. The van der Waals surface area contributed by atoms with Crippen LogP contribution in [0.1, 0.15) is 0 Å². The van der Waals surface area contributed by atoms with Crippen LogP contribution < -0.4 is 0 Å². The first-order chi connectivity index (χ1) is 32.2. The average molecular weight is 830 g/mol. The first-order valence-corrected chi connectivity index (χ1v) is 21.9. The van der Waals surface area contributed by atoms with Crippen LogP contribution in [-0.4, -0.2) is 15.0 Å². The van der Waals surface area contributed by atoms with Gasteiger partial charge in [-0.2, -0.15) is 0 Å². The lowest BCUT2D eigenvalue weighted by Gasteiger charge is -2.20. The Morgan fingerprint density at radius 2 is 0.723 bits per heavy atom. The van der Waals surface area contributed by atoms with Crippen molar-refractivity contribution in [3.8, 4) is 89.8 Å². The first kappa shape index (κ1) is 38.0.